The summed E-state index contributed by atoms with van der Waals surface area (Å²) in [6.45, 7) is 1.48. The molecule has 7 heteroatoms. The molecule has 0 spiro atoms. The number of H-pyrrole nitrogens is 1. The fourth-order valence-electron chi connectivity index (χ4n) is 4.11. The Balaban J connectivity index is 1.57. The predicted molar refractivity (Wildman–Crippen MR) is 108 cm³/mol. The summed E-state index contributed by atoms with van der Waals surface area (Å²) >= 11 is 0. The maximum atomic E-state index is 12.2. The van der Waals surface area contributed by atoms with Gasteiger partial charge in [-0.3, -0.25) is 14.3 Å². The molecule has 1 aliphatic carbocycles. The van der Waals surface area contributed by atoms with Gasteiger partial charge in [0.15, 0.2) is 11.2 Å². The molecule has 2 aromatic rings. The van der Waals surface area contributed by atoms with Gasteiger partial charge in [-0.25, -0.2) is 9.78 Å². The Morgan fingerprint density at radius 2 is 1.63 bits per heavy atom. The fourth-order valence-corrected chi connectivity index (χ4v) is 4.11. The van der Waals surface area contributed by atoms with Crippen molar-refractivity contribution in [1.29, 1.82) is 0 Å². The average Bonchev–Trinajstić information content (AvgIpc) is 3.06. The molecule has 0 saturated heterocycles. The molecule has 0 bridgehead atoms. The number of rotatable bonds is 4. The number of hydrogen-bond acceptors (Lipinski definition) is 4. The third kappa shape index (κ3) is 5.31. The number of aromatic nitrogens is 4. The topological polar surface area (TPSA) is 84.7 Å². The van der Waals surface area contributed by atoms with Gasteiger partial charge in [0.25, 0.3) is 5.56 Å². The first-order valence-corrected chi connectivity index (χ1v) is 10.5. The molecule has 1 fully saturated rings. The normalized spacial score (nSPS) is 18.3. The summed E-state index contributed by atoms with van der Waals surface area (Å²) in [6, 6.07) is 0.557. The highest BCUT2D eigenvalue weighted by Gasteiger charge is 2.12. The molecule has 7 nitrogen and oxygen atoms in total. The second-order valence-corrected chi connectivity index (χ2v) is 7.84. The van der Waals surface area contributed by atoms with Crippen molar-refractivity contribution in [1.82, 2.24) is 24.4 Å². The Kier molecular flexibility index (Phi) is 7.26. The van der Waals surface area contributed by atoms with Crippen LogP contribution in [0.15, 0.2) is 15.9 Å². The Bertz CT molecular complexity index is 823. The van der Waals surface area contributed by atoms with Crippen molar-refractivity contribution in [3.63, 3.8) is 0 Å². The van der Waals surface area contributed by atoms with Gasteiger partial charge in [0.1, 0.15) is 0 Å². The highest BCUT2D eigenvalue weighted by atomic mass is 16.2. The van der Waals surface area contributed by atoms with Crippen LogP contribution in [-0.2, 0) is 13.6 Å². The van der Waals surface area contributed by atoms with Gasteiger partial charge in [0.05, 0.1) is 6.33 Å². The molecule has 1 aliphatic rings. The molecule has 1 saturated carbocycles. The van der Waals surface area contributed by atoms with Gasteiger partial charge in [-0.15, -0.1) is 0 Å². The lowest BCUT2D eigenvalue weighted by Gasteiger charge is -2.20. The van der Waals surface area contributed by atoms with E-state index in [1.165, 1.54) is 75.2 Å². The van der Waals surface area contributed by atoms with Gasteiger partial charge >= 0.3 is 5.69 Å². The Labute approximate surface area is 160 Å². The second kappa shape index (κ2) is 9.88. The first-order chi connectivity index (χ1) is 13.2. The average molecular weight is 376 g/mol. The lowest BCUT2D eigenvalue weighted by atomic mass is 9.98. The maximum Gasteiger partial charge on any atom is 0.329 e. The van der Waals surface area contributed by atoms with Crippen molar-refractivity contribution in [3.05, 3.63) is 27.2 Å². The van der Waals surface area contributed by atoms with Gasteiger partial charge in [0.2, 0.25) is 0 Å². The first-order valence-electron chi connectivity index (χ1n) is 10.5. The largest absolute Gasteiger partial charge is 0.329 e. The van der Waals surface area contributed by atoms with E-state index >= 15 is 0 Å². The Morgan fingerprint density at radius 3 is 2.26 bits per heavy atom. The molecule has 0 radical (unpaired) electrons. The second-order valence-electron chi connectivity index (χ2n) is 7.84. The van der Waals surface area contributed by atoms with Crippen molar-refractivity contribution < 1.29 is 0 Å². The van der Waals surface area contributed by atoms with E-state index in [4.69, 9.17) is 0 Å². The molecule has 0 aliphatic heterocycles. The molecule has 0 unspecified atom stereocenters. The molecule has 27 heavy (non-hydrogen) atoms. The first kappa shape index (κ1) is 19.9. The van der Waals surface area contributed by atoms with E-state index in [9.17, 15) is 9.59 Å². The summed E-state index contributed by atoms with van der Waals surface area (Å²) < 4.78 is 3.23. The summed E-state index contributed by atoms with van der Waals surface area (Å²) in [4.78, 5) is 30.5. The van der Waals surface area contributed by atoms with E-state index < -0.39 is 5.69 Å². The molecular formula is C20H33N5O2. The van der Waals surface area contributed by atoms with Crippen LogP contribution in [0.2, 0.25) is 0 Å². The maximum absolute atomic E-state index is 12.2. The third-order valence-corrected chi connectivity index (χ3v) is 5.77. The van der Waals surface area contributed by atoms with Gasteiger partial charge < -0.3 is 9.88 Å². The number of imidazole rings is 1. The predicted octanol–water partition coefficient (Wildman–Crippen LogP) is 2.69. The minimum absolute atomic E-state index is 0.364. The zero-order valence-electron chi connectivity index (χ0n) is 16.5. The molecule has 0 aromatic carbocycles. The minimum Gasteiger partial charge on any atom is -0.323 e. The number of fused-ring (bicyclic) bond motifs is 1. The quantitative estimate of drug-likeness (QED) is 0.860. The van der Waals surface area contributed by atoms with Crippen LogP contribution in [0.4, 0.5) is 0 Å². The summed E-state index contributed by atoms with van der Waals surface area (Å²) in [5.41, 5.74) is 0.119. The van der Waals surface area contributed by atoms with Gasteiger partial charge in [-0.2, -0.15) is 0 Å². The number of hydrogen-bond donors (Lipinski definition) is 2. The molecule has 150 valence electrons. The SMILES string of the molecule is Cn1c(=O)[nH]c(=O)c2c1ncn2CCNC1CCCCCCCCCCC1. The van der Waals surface area contributed by atoms with E-state index in [1.807, 2.05) is 4.57 Å². The number of nitrogens with zero attached hydrogens (tertiary/aromatic N) is 3. The van der Waals surface area contributed by atoms with Crippen LogP contribution in [0, 0.1) is 0 Å². The van der Waals surface area contributed by atoms with Crippen molar-refractivity contribution >= 4 is 11.2 Å². The summed E-state index contributed by atoms with van der Waals surface area (Å²) in [5.74, 6) is 0. The fraction of sp³-hybridized carbons (Fsp3) is 0.750. The summed E-state index contributed by atoms with van der Waals surface area (Å²) in [5, 5.41) is 3.69. The highest BCUT2D eigenvalue weighted by Crippen LogP contribution is 2.17. The van der Waals surface area contributed by atoms with Crippen LogP contribution < -0.4 is 16.6 Å². The number of nitrogens with one attached hydrogen (secondary N) is 2. The van der Waals surface area contributed by atoms with E-state index in [0.717, 1.165) is 6.54 Å². The standard InChI is InChI=1S/C20H33N5O2/c1-24-18-17(19(26)23-20(24)27)25(15-22-18)14-13-21-16-11-9-7-5-3-2-4-6-8-10-12-16/h15-16,21H,2-14H2,1H3,(H,23,26,27). The summed E-state index contributed by atoms with van der Waals surface area (Å²) in [6.07, 6.45) is 16.3. The highest BCUT2D eigenvalue weighted by molar-refractivity contribution is 5.69. The molecule has 2 aromatic heterocycles. The van der Waals surface area contributed by atoms with E-state index in [0.29, 0.717) is 23.8 Å². The zero-order valence-corrected chi connectivity index (χ0v) is 16.5. The molecule has 0 amide bonds. The van der Waals surface area contributed by atoms with E-state index in [-0.39, 0.29) is 5.56 Å². The molecule has 2 heterocycles. The molecule has 3 rings (SSSR count). The van der Waals surface area contributed by atoms with Crippen LogP contribution in [0.25, 0.3) is 11.2 Å². The van der Waals surface area contributed by atoms with Crippen LogP contribution in [0.3, 0.4) is 0 Å². The van der Waals surface area contributed by atoms with Crippen molar-refractivity contribution in [2.45, 2.75) is 83.2 Å². The number of aromatic amines is 1. The van der Waals surface area contributed by atoms with Crippen molar-refractivity contribution in [2.24, 2.45) is 7.05 Å². The van der Waals surface area contributed by atoms with Crippen molar-refractivity contribution in [3.8, 4) is 0 Å². The van der Waals surface area contributed by atoms with Crippen LogP contribution in [0.5, 0.6) is 0 Å². The number of aryl methyl sites for hydroxylation is 1. The monoisotopic (exact) mass is 375 g/mol. The molecule has 2 N–H and O–H groups in total. The Morgan fingerprint density at radius 1 is 1.04 bits per heavy atom. The zero-order chi connectivity index (χ0) is 19.1. The van der Waals surface area contributed by atoms with Crippen LogP contribution >= 0.6 is 0 Å². The van der Waals surface area contributed by atoms with Crippen molar-refractivity contribution in [2.75, 3.05) is 6.54 Å². The van der Waals surface area contributed by atoms with Crippen LogP contribution in [0.1, 0.15) is 70.6 Å². The summed E-state index contributed by atoms with van der Waals surface area (Å²) in [7, 11) is 1.63. The minimum atomic E-state index is -0.427. The van der Waals surface area contributed by atoms with E-state index in [2.05, 4.69) is 15.3 Å². The smallest absolute Gasteiger partial charge is 0.323 e. The van der Waals surface area contributed by atoms with E-state index in [1.54, 1.807) is 13.4 Å². The Hall–Kier alpha value is -1.89. The lowest BCUT2D eigenvalue weighted by Crippen LogP contribution is -2.33. The van der Waals surface area contributed by atoms with Crippen LogP contribution in [-0.4, -0.2) is 31.7 Å². The molecular weight excluding hydrogens is 342 g/mol. The lowest BCUT2D eigenvalue weighted by molar-refractivity contribution is 0.398. The van der Waals surface area contributed by atoms with Gasteiger partial charge in [-0.1, -0.05) is 57.8 Å². The molecule has 0 atom stereocenters. The van der Waals surface area contributed by atoms with Gasteiger partial charge in [0, 0.05) is 26.2 Å². The van der Waals surface area contributed by atoms with Gasteiger partial charge in [-0.05, 0) is 12.8 Å². The third-order valence-electron chi connectivity index (χ3n) is 5.77.